The molecule has 0 aliphatic carbocycles. The Morgan fingerprint density at radius 2 is 2.21 bits per heavy atom. The van der Waals surface area contributed by atoms with Crippen molar-refractivity contribution >= 4 is 0 Å². The van der Waals surface area contributed by atoms with Crippen LogP contribution in [0.4, 0.5) is 0 Å². The molecule has 0 amide bonds. The van der Waals surface area contributed by atoms with Crippen LogP contribution in [-0.2, 0) is 0 Å². The maximum atomic E-state index is 9.32. The minimum Gasteiger partial charge on any atom is -0.508 e. The van der Waals surface area contributed by atoms with Crippen LogP contribution >= 0.6 is 0 Å². The number of allylic oxidation sites excluding steroid dienone is 4. The molecule has 2 heteroatoms. The second-order valence-electron chi connectivity index (χ2n) is 3.52. The Bertz CT molecular complexity index is 228. The first-order valence-electron chi connectivity index (χ1n) is 5.04. The highest BCUT2D eigenvalue weighted by Crippen LogP contribution is 2.09. The molecule has 0 heterocycles. The summed E-state index contributed by atoms with van der Waals surface area (Å²) in [7, 11) is 0. The van der Waals surface area contributed by atoms with Gasteiger partial charge in [-0.3, -0.25) is 0 Å². The molecule has 1 atom stereocenters. The van der Waals surface area contributed by atoms with Crippen molar-refractivity contribution in [1.29, 1.82) is 0 Å². The van der Waals surface area contributed by atoms with E-state index < -0.39 is 0 Å². The molecule has 0 rings (SSSR count). The van der Waals surface area contributed by atoms with Gasteiger partial charge in [0.05, 0.1) is 0 Å². The molecule has 80 valence electrons. The highest BCUT2D eigenvalue weighted by molar-refractivity contribution is 5.19. The Hall–Kier alpha value is -1.02. The Labute approximate surface area is 86.8 Å². The van der Waals surface area contributed by atoms with Crippen LogP contribution in [0.3, 0.4) is 0 Å². The molecule has 0 radical (unpaired) electrons. The molecule has 0 fully saturated rings. The van der Waals surface area contributed by atoms with Gasteiger partial charge in [-0.2, -0.15) is 0 Å². The van der Waals surface area contributed by atoms with Crippen LogP contribution in [0.1, 0.15) is 33.1 Å². The van der Waals surface area contributed by atoms with Gasteiger partial charge in [-0.05, 0) is 38.3 Å². The van der Waals surface area contributed by atoms with Gasteiger partial charge in [0, 0.05) is 6.04 Å². The third kappa shape index (κ3) is 6.49. The van der Waals surface area contributed by atoms with Gasteiger partial charge in [0.15, 0.2) is 0 Å². The van der Waals surface area contributed by atoms with Crippen molar-refractivity contribution < 1.29 is 5.11 Å². The second kappa shape index (κ2) is 7.39. The summed E-state index contributed by atoms with van der Waals surface area (Å²) in [4.78, 5) is 0. The molecule has 0 aromatic rings. The Morgan fingerprint density at radius 1 is 1.57 bits per heavy atom. The fraction of sp³-hybridized carbons (Fsp3) is 0.500. The SMILES string of the molecule is C=C/C=C(O)\C=C(/C)CCC(N)CC. The fourth-order valence-electron chi connectivity index (χ4n) is 1.11. The maximum absolute atomic E-state index is 9.32. The Morgan fingerprint density at radius 3 is 2.71 bits per heavy atom. The van der Waals surface area contributed by atoms with Crippen LogP contribution in [-0.4, -0.2) is 11.1 Å². The lowest BCUT2D eigenvalue weighted by Crippen LogP contribution is -2.18. The summed E-state index contributed by atoms with van der Waals surface area (Å²) >= 11 is 0. The largest absolute Gasteiger partial charge is 0.508 e. The van der Waals surface area contributed by atoms with E-state index >= 15 is 0 Å². The number of aliphatic hydroxyl groups excluding tert-OH is 1. The van der Waals surface area contributed by atoms with E-state index in [1.165, 1.54) is 0 Å². The molecule has 0 aromatic carbocycles. The lowest BCUT2D eigenvalue weighted by molar-refractivity contribution is 0.431. The summed E-state index contributed by atoms with van der Waals surface area (Å²) in [6.07, 6.45) is 7.80. The second-order valence-corrected chi connectivity index (χ2v) is 3.52. The number of hydrogen-bond donors (Lipinski definition) is 2. The van der Waals surface area contributed by atoms with Crippen molar-refractivity contribution in [3.63, 3.8) is 0 Å². The molecule has 0 saturated carbocycles. The molecule has 0 saturated heterocycles. The van der Waals surface area contributed by atoms with Crippen LogP contribution < -0.4 is 5.73 Å². The summed E-state index contributed by atoms with van der Waals surface area (Å²) in [5, 5.41) is 9.32. The number of hydrogen-bond acceptors (Lipinski definition) is 2. The zero-order chi connectivity index (χ0) is 11.0. The van der Waals surface area contributed by atoms with E-state index in [1.54, 1.807) is 18.2 Å². The van der Waals surface area contributed by atoms with Gasteiger partial charge < -0.3 is 10.8 Å². The number of nitrogens with two attached hydrogens (primary N) is 1. The van der Waals surface area contributed by atoms with E-state index in [2.05, 4.69) is 13.5 Å². The summed E-state index contributed by atoms with van der Waals surface area (Å²) in [5.41, 5.74) is 6.93. The van der Waals surface area contributed by atoms with Crippen molar-refractivity contribution in [2.45, 2.75) is 39.2 Å². The van der Waals surface area contributed by atoms with Gasteiger partial charge in [-0.25, -0.2) is 0 Å². The van der Waals surface area contributed by atoms with Gasteiger partial charge in [0.25, 0.3) is 0 Å². The standard InChI is InChI=1S/C12H21NO/c1-4-6-12(14)9-10(3)7-8-11(13)5-2/h4,6,9,11,14H,1,5,7-8,13H2,2-3H3/b10-9+,12-6+. The molecule has 0 bridgehead atoms. The fourth-order valence-corrected chi connectivity index (χ4v) is 1.11. The van der Waals surface area contributed by atoms with Gasteiger partial charge in [-0.15, -0.1) is 0 Å². The van der Waals surface area contributed by atoms with Crippen LogP contribution in [0, 0.1) is 0 Å². The smallest absolute Gasteiger partial charge is 0.115 e. The van der Waals surface area contributed by atoms with Crippen LogP contribution in [0.5, 0.6) is 0 Å². The minimum absolute atomic E-state index is 0.252. The van der Waals surface area contributed by atoms with Crippen molar-refractivity contribution in [2.24, 2.45) is 5.73 Å². The van der Waals surface area contributed by atoms with E-state index in [4.69, 9.17) is 5.73 Å². The van der Waals surface area contributed by atoms with Crippen LogP contribution in [0.25, 0.3) is 0 Å². The Balaban J connectivity index is 4.00. The van der Waals surface area contributed by atoms with E-state index in [0.717, 1.165) is 24.8 Å². The third-order valence-corrected chi connectivity index (χ3v) is 2.12. The van der Waals surface area contributed by atoms with Gasteiger partial charge in [-0.1, -0.05) is 25.2 Å². The quantitative estimate of drug-likeness (QED) is 0.505. The molecule has 0 aliphatic rings. The van der Waals surface area contributed by atoms with E-state index in [9.17, 15) is 5.11 Å². The molecule has 14 heavy (non-hydrogen) atoms. The van der Waals surface area contributed by atoms with E-state index in [0.29, 0.717) is 0 Å². The van der Waals surface area contributed by atoms with Crippen molar-refractivity contribution in [3.05, 3.63) is 36.1 Å². The monoisotopic (exact) mass is 195 g/mol. The van der Waals surface area contributed by atoms with Gasteiger partial charge in [0.2, 0.25) is 0 Å². The third-order valence-electron chi connectivity index (χ3n) is 2.12. The summed E-state index contributed by atoms with van der Waals surface area (Å²) in [6.45, 7) is 7.59. The molecule has 0 aliphatic heterocycles. The minimum atomic E-state index is 0.252. The normalized spacial score (nSPS) is 15.4. The van der Waals surface area contributed by atoms with Crippen LogP contribution in [0.2, 0.25) is 0 Å². The summed E-state index contributed by atoms with van der Waals surface area (Å²) in [6, 6.07) is 0.267. The van der Waals surface area contributed by atoms with E-state index in [-0.39, 0.29) is 11.8 Å². The molecule has 3 N–H and O–H groups in total. The first kappa shape index (κ1) is 13.0. The average molecular weight is 195 g/mol. The first-order valence-corrected chi connectivity index (χ1v) is 5.04. The molecular weight excluding hydrogens is 174 g/mol. The molecule has 0 spiro atoms. The van der Waals surface area contributed by atoms with Crippen LogP contribution in [0.15, 0.2) is 36.1 Å². The van der Waals surface area contributed by atoms with Crippen molar-refractivity contribution in [3.8, 4) is 0 Å². The first-order chi connectivity index (χ1) is 6.60. The summed E-state index contributed by atoms with van der Waals surface area (Å²) < 4.78 is 0. The lowest BCUT2D eigenvalue weighted by atomic mass is 10.0. The highest BCUT2D eigenvalue weighted by Gasteiger charge is 1.99. The molecule has 2 nitrogen and oxygen atoms in total. The molecule has 0 aromatic heterocycles. The highest BCUT2D eigenvalue weighted by atomic mass is 16.3. The predicted octanol–water partition coefficient (Wildman–Crippen LogP) is 3.08. The number of rotatable bonds is 6. The maximum Gasteiger partial charge on any atom is 0.115 e. The topological polar surface area (TPSA) is 46.2 Å². The predicted molar refractivity (Wildman–Crippen MR) is 62.2 cm³/mol. The van der Waals surface area contributed by atoms with Crippen molar-refractivity contribution in [2.75, 3.05) is 0 Å². The van der Waals surface area contributed by atoms with Gasteiger partial charge >= 0.3 is 0 Å². The average Bonchev–Trinajstić information content (AvgIpc) is 2.14. The van der Waals surface area contributed by atoms with E-state index in [1.807, 2.05) is 6.92 Å². The lowest BCUT2D eigenvalue weighted by Gasteiger charge is -2.07. The zero-order valence-electron chi connectivity index (χ0n) is 9.16. The molecular formula is C12H21NO. The Kier molecular flexibility index (Phi) is 6.85. The zero-order valence-corrected chi connectivity index (χ0v) is 9.16. The number of aliphatic hydroxyl groups is 1. The van der Waals surface area contributed by atoms with Crippen molar-refractivity contribution in [1.82, 2.24) is 0 Å². The summed E-state index contributed by atoms with van der Waals surface area (Å²) in [5.74, 6) is 0.252. The molecule has 1 unspecified atom stereocenters. The van der Waals surface area contributed by atoms with Gasteiger partial charge in [0.1, 0.15) is 5.76 Å².